The summed E-state index contributed by atoms with van der Waals surface area (Å²) in [5, 5.41) is 11.6. The zero-order valence-corrected chi connectivity index (χ0v) is 12.0. The fourth-order valence-corrected chi connectivity index (χ4v) is 2.53. The number of nitrogens with zero attached hydrogens (tertiary/aromatic N) is 3. The van der Waals surface area contributed by atoms with Crippen LogP contribution < -0.4 is 5.32 Å². The van der Waals surface area contributed by atoms with Gasteiger partial charge in [0.25, 0.3) is 0 Å². The van der Waals surface area contributed by atoms with Crippen LogP contribution in [0.2, 0.25) is 0 Å². The van der Waals surface area contributed by atoms with E-state index in [0.29, 0.717) is 17.8 Å². The molecule has 20 heavy (non-hydrogen) atoms. The third-order valence-electron chi connectivity index (χ3n) is 3.80. The quantitative estimate of drug-likeness (QED) is 0.920. The minimum absolute atomic E-state index is 0.578. The Bertz CT molecular complexity index is 564. The maximum absolute atomic E-state index is 5.76. The average Bonchev–Trinajstić information content (AvgIpc) is 3.09. The molecule has 5 nitrogen and oxygen atoms in total. The number of hydrogen-bond donors (Lipinski definition) is 1. The van der Waals surface area contributed by atoms with Crippen molar-refractivity contribution in [2.24, 2.45) is 0 Å². The normalized spacial score (nSPS) is 19.6. The summed E-state index contributed by atoms with van der Waals surface area (Å²) in [6.45, 7) is 4.91. The number of benzene rings is 1. The topological polar surface area (TPSA) is 54.2 Å². The van der Waals surface area contributed by atoms with E-state index >= 15 is 0 Å². The minimum Gasteiger partial charge on any atom is -0.419 e. The van der Waals surface area contributed by atoms with Gasteiger partial charge in [-0.05, 0) is 32.5 Å². The van der Waals surface area contributed by atoms with Crippen molar-refractivity contribution < 1.29 is 4.42 Å². The van der Waals surface area contributed by atoms with E-state index in [9.17, 15) is 0 Å². The van der Waals surface area contributed by atoms with Crippen LogP contribution in [0.1, 0.15) is 17.9 Å². The molecule has 0 bridgehead atoms. The Kier molecular flexibility index (Phi) is 3.80. The lowest BCUT2D eigenvalue weighted by Gasteiger charge is -2.12. The Morgan fingerprint density at radius 1 is 1.30 bits per heavy atom. The second-order valence-electron chi connectivity index (χ2n) is 5.38. The third kappa shape index (κ3) is 2.89. The first-order valence-corrected chi connectivity index (χ1v) is 7.03. The van der Waals surface area contributed by atoms with E-state index in [0.717, 1.165) is 25.2 Å². The fraction of sp³-hybridized carbons (Fsp3) is 0.467. The van der Waals surface area contributed by atoms with E-state index in [1.165, 1.54) is 12.0 Å². The van der Waals surface area contributed by atoms with E-state index in [2.05, 4.69) is 39.5 Å². The van der Waals surface area contributed by atoms with Gasteiger partial charge >= 0.3 is 0 Å². The van der Waals surface area contributed by atoms with Crippen molar-refractivity contribution in [2.45, 2.75) is 25.9 Å². The molecule has 0 aliphatic carbocycles. The molecule has 5 heteroatoms. The number of rotatable bonds is 4. The molecule has 1 aromatic carbocycles. The van der Waals surface area contributed by atoms with Crippen molar-refractivity contribution in [3.63, 3.8) is 0 Å². The Balaban J connectivity index is 1.66. The lowest BCUT2D eigenvalue weighted by Crippen LogP contribution is -2.29. The first-order chi connectivity index (χ1) is 9.74. The molecule has 0 radical (unpaired) electrons. The van der Waals surface area contributed by atoms with Crippen LogP contribution in [0.15, 0.2) is 28.7 Å². The average molecular weight is 272 g/mol. The second kappa shape index (κ2) is 5.73. The highest BCUT2D eigenvalue weighted by molar-refractivity contribution is 5.52. The Hall–Kier alpha value is -1.72. The zero-order valence-electron chi connectivity index (χ0n) is 12.0. The maximum atomic E-state index is 5.76. The van der Waals surface area contributed by atoms with Crippen LogP contribution in [0, 0.1) is 6.92 Å². The van der Waals surface area contributed by atoms with E-state index < -0.39 is 0 Å². The van der Waals surface area contributed by atoms with Gasteiger partial charge < -0.3 is 9.73 Å². The van der Waals surface area contributed by atoms with Gasteiger partial charge in [0.2, 0.25) is 11.8 Å². The number of likely N-dealkylation sites (N-methyl/N-ethyl adjacent to an activating group) is 1. The molecule has 1 atom stereocenters. The van der Waals surface area contributed by atoms with Crippen molar-refractivity contribution in [3.05, 3.63) is 35.7 Å². The molecule has 2 aromatic rings. The van der Waals surface area contributed by atoms with E-state index in [-0.39, 0.29) is 0 Å². The van der Waals surface area contributed by atoms with Gasteiger partial charge in [-0.1, -0.05) is 17.7 Å². The van der Waals surface area contributed by atoms with Gasteiger partial charge in [0.15, 0.2) is 0 Å². The van der Waals surface area contributed by atoms with Gasteiger partial charge in [-0.3, -0.25) is 4.90 Å². The Morgan fingerprint density at radius 2 is 2.10 bits per heavy atom. The number of aromatic nitrogens is 2. The van der Waals surface area contributed by atoms with Crippen molar-refractivity contribution >= 4 is 0 Å². The summed E-state index contributed by atoms with van der Waals surface area (Å²) in [6, 6.07) is 8.71. The van der Waals surface area contributed by atoms with Gasteiger partial charge in [0, 0.05) is 24.7 Å². The van der Waals surface area contributed by atoms with Crippen molar-refractivity contribution in [1.82, 2.24) is 20.4 Å². The molecular formula is C15H20N4O. The van der Waals surface area contributed by atoms with Crippen LogP contribution in [-0.4, -0.2) is 41.3 Å². The molecule has 1 aliphatic rings. The number of hydrogen-bond acceptors (Lipinski definition) is 5. The summed E-state index contributed by atoms with van der Waals surface area (Å²) in [7, 11) is 2.01. The summed E-state index contributed by atoms with van der Waals surface area (Å²) in [6.07, 6.45) is 1.18. The standard InChI is InChI=1S/C15H20N4O/c1-11-3-5-12(6-4-11)15-18-17-14(20-15)10-19-8-7-13(9-19)16-2/h3-6,13,16H,7-10H2,1-2H3. The summed E-state index contributed by atoms with van der Waals surface area (Å²) < 4.78 is 5.76. The number of nitrogens with one attached hydrogen (secondary N) is 1. The van der Waals surface area contributed by atoms with Crippen LogP contribution in [0.4, 0.5) is 0 Å². The van der Waals surface area contributed by atoms with Crippen LogP contribution in [0.3, 0.4) is 0 Å². The largest absolute Gasteiger partial charge is 0.419 e. The maximum Gasteiger partial charge on any atom is 0.247 e. The molecule has 1 N–H and O–H groups in total. The van der Waals surface area contributed by atoms with Crippen molar-refractivity contribution in [3.8, 4) is 11.5 Å². The third-order valence-corrected chi connectivity index (χ3v) is 3.80. The van der Waals surface area contributed by atoms with Gasteiger partial charge in [-0.15, -0.1) is 10.2 Å². The smallest absolute Gasteiger partial charge is 0.247 e. The van der Waals surface area contributed by atoms with Crippen LogP contribution >= 0.6 is 0 Å². The van der Waals surface area contributed by atoms with Crippen molar-refractivity contribution in [2.75, 3.05) is 20.1 Å². The molecule has 1 fully saturated rings. The summed E-state index contributed by atoms with van der Waals surface area (Å²) in [4.78, 5) is 2.34. The van der Waals surface area contributed by atoms with Crippen LogP contribution in [0.25, 0.3) is 11.5 Å². The first-order valence-electron chi connectivity index (χ1n) is 7.03. The molecule has 0 saturated carbocycles. The van der Waals surface area contributed by atoms with E-state index in [1.807, 2.05) is 19.2 Å². The molecule has 3 rings (SSSR count). The molecule has 1 unspecified atom stereocenters. The van der Waals surface area contributed by atoms with E-state index in [4.69, 9.17) is 4.42 Å². The molecule has 106 valence electrons. The van der Waals surface area contributed by atoms with Gasteiger partial charge in [-0.2, -0.15) is 0 Å². The zero-order chi connectivity index (χ0) is 13.9. The molecule has 2 heterocycles. The van der Waals surface area contributed by atoms with Gasteiger partial charge in [-0.25, -0.2) is 0 Å². The Morgan fingerprint density at radius 3 is 2.80 bits per heavy atom. The van der Waals surface area contributed by atoms with Crippen molar-refractivity contribution in [1.29, 1.82) is 0 Å². The predicted octanol–water partition coefficient (Wildman–Crippen LogP) is 1.84. The SMILES string of the molecule is CNC1CCN(Cc2nnc(-c3ccc(C)cc3)o2)C1. The summed E-state index contributed by atoms with van der Waals surface area (Å²) in [5.41, 5.74) is 2.20. The highest BCUT2D eigenvalue weighted by atomic mass is 16.4. The minimum atomic E-state index is 0.578. The monoisotopic (exact) mass is 272 g/mol. The molecule has 0 spiro atoms. The lowest BCUT2D eigenvalue weighted by atomic mass is 10.1. The van der Waals surface area contributed by atoms with Gasteiger partial charge in [0.05, 0.1) is 6.54 Å². The predicted molar refractivity (Wildman–Crippen MR) is 77.2 cm³/mol. The van der Waals surface area contributed by atoms with Crippen LogP contribution in [-0.2, 0) is 6.54 Å². The summed E-state index contributed by atoms with van der Waals surface area (Å²) >= 11 is 0. The highest BCUT2D eigenvalue weighted by Gasteiger charge is 2.22. The number of likely N-dealkylation sites (tertiary alicyclic amines) is 1. The Labute approximate surface area is 119 Å². The lowest BCUT2D eigenvalue weighted by molar-refractivity contribution is 0.286. The van der Waals surface area contributed by atoms with Gasteiger partial charge in [0.1, 0.15) is 0 Å². The second-order valence-corrected chi connectivity index (χ2v) is 5.38. The van der Waals surface area contributed by atoms with Crippen LogP contribution in [0.5, 0.6) is 0 Å². The molecule has 1 aromatic heterocycles. The molecule has 1 saturated heterocycles. The molecular weight excluding hydrogens is 252 g/mol. The highest BCUT2D eigenvalue weighted by Crippen LogP contribution is 2.19. The number of aryl methyl sites for hydroxylation is 1. The van der Waals surface area contributed by atoms with E-state index in [1.54, 1.807) is 0 Å². The first kappa shape index (κ1) is 13.3. The summed E-state index contributed by atoms with van der Waals surface area (Å²) in [5.74, 6) is 1.29. The molecule has 1 aliphatic heterocycles. The molecule has 0 amide bonds. The fourth-order valence-electron chi connectivity index (χ4n) is 2.53.